The van der Waals surface area contributed by atoms with Crippen LogP contribution in [0.2, 0.25) is 0 Å². The normalized spacial score (nSPS) is 10.9. The lowest BCUT2D eigenvalue weighted by Gasteiger charge is -2.24. The van der Waals surface area contributed by atoms with Gasteiger partial charge in [-0.3, -0.25) is 5.01 Å². The number of terminal acetylenes is 1. The second-order valence-corrected chi connectivity index (χ2v) is 6.76. The van der Waals surface area contributed by atoms with Crippen molar-refractivity contribution in [1.29, 1.82) is 0 Å². The Labute approximate surface area is 177 Å². The third kappa shape index (κ3) is 5.50. The number of aryl methyl sites for hydroxylation is 2. The molecule has 8 heteroatoms. The molecule has 0 saturated carbocycles. The number of nitrogens with two attached hydrogens (primary N) is 2. The molecule has 0 bridgehead atoms. The number of hydrazine groups is 2. The lowest BCUT2D eigenvalue weighted by atomic mass is 10.1. The number of benzene rings is 2. The van der Waals surface area contributed by atoms with Crippen molar-refractivity contribution < 1.29 is 14.4 Å². The van der Waals surface area contributed by atoms with E-state index in [1.807, 2.05) is 51.1 Å². The van der Waals surface area contributed by atoms with Gasteiger partial charge in [-0.1, -0.05) is 23.2 Å². The number of rotatable bonds is 7. The maximum atomic E-state index is 12.2. The average molecular weight is 409 g/mol. The van der Waals surface area contributed by atoms with Gasteiger partial charge in [0.2, 0.25) is 0 Å². The molecule has 0 aliphatic heterocycles. The molecule has 158 valence electrons. The van der Waals surface area contributed by atoms with Crippen LogP contribution in [0.4, 0.5) is 10.5 Å². The first kappa shape index (κ1) is 22.7. The molecule has 30 heavy (non-hydrogen) atoms. The van der Waals surface area contributed by atoms with E-state index in [1.165, 1.54) is 7.05 Å². The quantitative estimate of drug-likeness (QED) is 0.183. The summed E-state index contributed by atoms with van der Waals surface area (Å²) in [4.78, 5) is 17.2. The SMILES string of the molecule is C#CCO/N=C(\C)c1ccc(OCc2c(C)cccc2N(N)C(=O)N(C)N)c(C)c1. The molecule has 0 fully saturated rings. The number of carbonyl (C=O) groups is 1. The molecule has 0 saturated heterocycles. The number of ether oxygens (including phenoxy) is 1. The summed E-state index contributed by atoms with van der Waals surface area (Å²) in [5.41, 5.74) is 4.80. The van der Waals surface area contributed by atoms with E-state index in [2.05, 4.69) is 11.1 Å². The third-order valence-electron chi connectivity index (χ3n) is 4.47. The summed E-state index contributed by atoms with van der Waals surface area (Å²) in [7, 11) is 1.43. The van der Waals surface area contributed by atoms with E-state index in [1.54, 1.807) is 6.07 Å². The Balaban J connectivity index is 2.21. The van der Waals surface area contributed by atoms with Gasteiger partial charge in [0.15, 0.2) is 6.61 Å². The van der Waals surface area contributed by atoms with E-state index in [9.17, 15) is 4.79 Å². The molecule has 0 aliphatic carbocycles. The highest BCUT2D eigenvalue weighted by molar-refractivity contribution is 5.98. The molecule has 2 amide bonds. The number of hydrogen-bond acceptors (Lipinski definition) is 6. The van der Waals surface area contributed by atoms with Crippen LogP contribution >= 0.6 is 0 Å². The minimum Gasteiger partial charge on any atom is -0.489 e. The molecule has 0 unspecified atom stereocenters. The average Bonchev–Trinajstić information content (AvgIpc) is 2.72. The fourth-order valence-electron chi connectivity index (χ4n) is 2.78. The lowest BCUT2D eigenvalue weighted by molar-refractivity contribution is 0.180. The first-order valence-electron chi connectivity index (χ1n) is 9.25. The van der Waals surface area contributed by atoms with Gasteiger partial charge in [0.1, 0.15) is 12.4 Å². The van der Waals surface area contributed by atoms with Crippen molar-refractivity contribution >= 4 is 17.4 Å². The van der Waals surface area contributed by atoms with E-state index in [0.717, 1.165) is 32.3 Å². The Morgan fingerprint density at radius 2 is 1.93 bits per heavy atom. The third-order valence-corrected chi connectivity index (χ3v) is 4.47. The Bertz CT molecular complexity index is 979. The van der Waals surface area contributed by atoms with Crippen LogP contribution in [0, 0.1) is 26.2 Å². The second kappa shape index (κ2) is 10.3. The van der Waals surface area contributed by atoms with Gasteiger partial charge in [0.25, 0.3) is 0 Å². The molecule has 2 rings (SSSR count). The maximum absolute atomic E-state index is 12.2. The highest BCUT2D eigenvalue weighted by Gasteiger charge is 2.19. The molecule has 2 aromatic carbocycles. The van der Waals surface area contributed by atoms with Gasteiger partial charge in [-0.15, -0.1) is 6.42 Å². The number of hydrogen-bond donors (Lipinski definition) is 2. The van der Waals surface area contributed by atoms with Crippen LogP contribution in [-0.2, 0) is 11.4 Å². The molecule has 4 N–H and O–H groups in total. The first-order chi connectivity index (χ1) is 14.3. The van der Waals surface area contributed by atoms with Gasteiger partial charge in [-0.25, -0.2) is 21.5 Å². The number of amides is 2. The van der Waals surface area contributed by atoms with Crippen LogP contribution < -0.4 is 21.4 Å². The molecule has 0 aliphatic rings. The van der Waals surface area contributed by atoms with Gasteiger partial charge in [0, 0.05) is 12.6 Å². The summed E-state index contributed by atoms with van der Waals surface area (Å²) in [6.07, 6.45) is 5.15. The Morgan fingerprint density at radius 3 is 2.57 bits per heavy atom. The molecule has 0 atom stereocenters. The van der Waals surface area contributed by atoms with Gasteiger partial charge in [-0.2, -0.15) is 0 Å². The van der Waals surface area contributed by atoms with Gasteiger partial charge in [0.05, 0.1) is 11.4 Å². The van der Waals surface area contributed by atoms with Crippen molar-refractivity contribution in [3.8, 4) is 18.1 Å². The van der Waals surface area contributed by atoms with E-state index in [4.69, 9.17) is 27.7 Å². The summed E-state index contributed by atoms with van der Waals surface area (Å²) >= 11 is 0. The topological polar surface area (TPSA) is 106 Å². The van der Waals surface area contributed by atoms with Crippen LogP contribution in [0.15, 0.2) is 41.6 Å². The summed E-state index contributed by atoms with van der Waals surface area (Å²) in [6.45, 7) is 6.06. The van der Waals surface area contributed by atoms with Crippen molar-refractivity contribution in [3.63, 3.8) is 0 Å². The van der Waals surface area contributed by atoms with Crippen molar-refractivity contribution in [2.24, 2.45) is 16.8 Å². The summed E-state index contributed by atoms with van der Waals surface area (Å²) in [5, 5.41) is 5.92. The fraction of sp³-hybridized carbons (Fsp3) is 0.273. The molecule has 2 aromatic rings. The van der Waals surface area contributed by atoms with E-state index in [0.29, 0.717) is 17.1 Å². The zero-order valence-corrected chi connectivity index (χ0v) is 17.7. The van der Waals surface area contributed by atoms with Gasteiger partial charge >= 0.3 is 6.03 Å². The fourth-order valence-corrected chi connectivity index (χ4v) is 2.78. The zero-order valence-electron chi connectivity index (χ0n) is 17.7. The number of carbonyl (C=O) groups excluding carboxylic acids is 1. The maximum Gasteiger partial charge on any atom is 0.352 e. The number of urea groups is 1. The van der Waals surface area contributed by atoms with Gasteiger partial charge < -0.3 is 9.57 Å². The molecule has 0 radical (unpaired) electrons. The van der Waals surface area contributed by atoms with E-state index >= 15 is 0 Å². The number of oxime groups is 1. The van der Waals surface area contributed by atoms with Crippen molar-refractivity contribution in [2.75, 3.05) is 18.7 Å². The van der Waals surface area contributed by atoms with Crippen LogP contribution in [0.25, 0.3) is 0 Å². The molecular weight excluding hydrogens is 382 g/mol. The Hall–Kier alpha value is -3.54. The summed E-state index contributed by atoms with van der Waals surface area (Å²) < 4.78 is 6.03. The largest absolute Gasteiger partial charge is 0.489 e. The van der Waals surface area contributed by atoms with Crippen LogP contribution in [-0.4, -0.2) is 30.4 Å². The molecule has 8 nitrogen and oxygen atoms in total. The van der Waals surface area contributed by atoms with Crippen molar-refractivity contribution in [1.82, 2.24) is 5.01 Å². The van der Waals surface area contributed by atoms with Crippen molar-refractivity contribution in [2.45, 2.75) is 27.4 Å². The highest BCUT2D eigenvalue weighted by atomic mass is 16.6. The molecule has 0 aromatic heterocycles. The first-order valence-corrected chi connectivity index (χ1v) is 9.25. The predicted octanol–water partition coefficient (Wildman–Crippen LogP) is 2.86. The predicted molar refractivity (Wildman–Crippen MR) is 118 cm³/mol. The van der Waals surface area contributed by atoms with Gasteiger partial charge in [-0.05, 0) is 61.7 Å². The van der Waals surface area contributed by atoms with Crippen LogP contribution in [0.3, 0.4) is 0 Å². The zero-order chi connectivity index (χ0) is 22.3. The van der Waals surface area contributed by atoms with Crippen LogP contribution in [0.1, 0.15) is 29.2 Å². The van der Waals surface area contributed by atoms with E-state index < -0.39 is 6.03 Å². The second-order valence-electron chi connectivity index (χ2n) is 6.76. The highest BCUT2D eigenvalue weighted by Crippen LogP contribution is 2.26. The molecule has 0 spiro atoms. The van der Waals surface area contributed by atoms with E-state index in [-0.39, 0.29) is 13.2 Å². The number of anilines is 1. The minimum atomic E-state index is -0.538. The molecular formula is C22H27N5O3. The standard InChI is InChI=1S/C22H27N5O3/c1-6-12-30-25-17(4)18-10-11-21(16(3)13-18)29-14-19-15(2)8-7-9-20(19)27(24)22(28)26(5)23/h1,7-11,13H,12,14,23-24H2,2-5H3/b25-17+. The monoisotopic (exact) mass is 409 g/mol. The minimum absolute atomic E-state index is 0.122. The molecule has 0 heterocycles. The lowest BCUT2D eigenvalue weighted by Crippen LogP contribution is -2.49. The van der Waals surface area contributed by atoms with Crippen LogP contribution in [0.5, 0.6) is 5.75 Å². The smallest absolute Gasteiger partial charge is 0.352 e. The Morgan fingerprint density at radius 1 is 1.20 bits per heavy atom. The Kier molecular flexibility index (Phi) is 7.81. The summed E-state index contributed by atoms with van der Waals surface area (Å²) in [5.74, 6) is 14.6. The van der Waals surface area contributed by atoms with Crippen molar-refractivity contribution in [3.05, 3.63) is 58.7 Å². The summed E-state index contributed by atoms with van der Waals surface area (Å²) in [6, 6.07) is 10.7. The number of nitrogens with zero attached hydrogens (tertiary/aromatic N) is 3.